The Balaban J connectivity index is 1.96. The monoisotopic (exact) mass is 404 g/mol. The molecule has 0 bridgehead atoms. The molecule has 2 aromatic heterocycles. The summed E-state index contributed by atoms with van der Waals surface area (Å²) in [7, 11) is 0. The standard InChI is InChI=1S/C21H32N4O2S/c1-12(2)19-23-20-18(14(5)15(6)28-20)21(27)25(19)16-8-7-9-24(10-16)11-17(26)22-13(3)4/h12-13,16H,7-11H2,1-6H3,(H,22,26)/t16-/m1/s1. The molecule has 2 aromatic rings. The normalized spacial score (nSPS) is 18.4. The van der Waals surface area contributed by atoms with Crippen LogP contribution in [-0.2, 0) is 4.79 Å². The predicted molar refractivity (Wildman–Crippen MR) is 115 cm³/mol. The van der Waals surface area contributed by atoms with Crippen molar-refractivity contribution in [3.63, 3.8) is 0 Å². The molecule has 1 N–H and O–H groups in total. The smallest absolute Gasteiger partial charge is 0.262 e. The van der Waals surface area contributed by atoms with Crippen LogP contribution in [0.2, 0.25) is 0 Å². The molecule has 0 unspecified atom stereocenters. The van der Waals surface area contributed by atoms with Gasteiger partial charge in [-0.25, -0.2) is 4.98 Å². The first kappa shape index (κ1) is 21.0. The van der Waals surface area contributed by atoms with Gasteiger partial charge < -0.3 is 5.32 Å². The van der Waals surface area contributed by atoms with E-state index in [9.17, 15) is 9.59 Å². The van der Waals surface area contributed by atoms with E-state index in [1.807, 2.05) is 25.3 Å². The Morgan fingerprint density at radius 2 is 2.00 bits per heavy atom. The van der Waals surface area contributed by atoms with Gasteiger partial charge in [-0.3, -0.25) is 19.1 Å². The summed E-state index contributed by atoms with van der Waals surface area (Å²) in [6.45, 7) is 14.2. The molecule has 1 saturated heterocycles. The van der Waals surface area contributed by atoms with Crippen molar-refractivity contribution in [1.29, 1.82) is 0 Å². The highest BCUT2D eigenvalue weighted by Crippen LogP contribution is 2.30. The first-order valence-corrected chi connectivity index (χ1v) is 11.0. The van der Waals surface area contributed by atoms with E-state index in [0.29, 0.717) is 13.1 Å². The van der Waals surface area contributed by atoms with Crippen LogP contribution in [0.3, 0.4) is 0 Å². The molecule has 1 aliphatic heterocycles. The number of aromatic nitrogens is 2. The maximum absolute atomic E-state index is 13.5. The zero-order chi connectivity index (χ0) is 20.6. The highest BCUT2D eigenvalue weighted by molar-refractivity contribution is 7.18. The van der Waals surface area contributed by atoms with E-state index in [0.717, 1.165) is 45.9 Å². The summed E-state index contributed by atoms with van der Waals surface area (Å²) in [4.78, 5) is 34.8. The predicted octanol–water partition coefficient (Wildman–Crippen LogP) is 3.36. The van der Waals surface area contributed by atoms with Crippen LogP contribution in [-0.4, -0.2) is 46.0 Å². The number of amides is 1. The molecule has 0 aromatic carbocycles. The molecule has 3 heterocycles. The minimum Gasteiger partial charge on any atom is -0.353 e. The number of rotatable bonds is 5. The maximum atomic E-state index is 13.5. The molecule has 28 heavy (non-hydrogen) atoms. The molecule has 154 valence electrons. The molecule has 0 saturated carbocycles. The van der Waals surface area contributed by atoms with Crippen LogP contribution < -0.4 is 10.9 Å². The van der Waals surface area contributed by atoms with Crippen LogP contribution in [0.1, 0.15) is 68.8 Å². The zero-order valence-electron chi connectivity index (χ0n) is 17.8. The van der Waals surface area contributed by atoms with Gasteiger partial charge in [0.25, 0.3) is 5.56 Å². The largest absolute Gasteiger partial charge is 0.353 e. The number of aryl methyl sites for hydroxylation is 2. The van der Waals surface area contributed by atoms with Gasteiger partial charge in [0.2, 0.25) is 5.91 Å². The number of nitrogens with one attached hydrogen (secondary N) is 1. The first-order chi connectivity index (χ1) is 13.2. The molecule has 0 radical (unpaired) electrons. The molecule has 1 atom stereocenters. The lowest BCUT2D eigenvalue weighted by Gasteiger charge is -2.34. The molecule has 7 heteroatoms. The molecular formula is C21H32N4O2S. The SMILES string of the molecule is Cc1sc2nc(C(C)C)n([C@@H]3CCCN(CC(=O)NC(C)C)C3)c(=O)c2c1C. The summed E-state index contributed by atoms with van der Waals surface area (Å²) in [6, 6.07) is 0.196. The number of likely N-dealkylation sites (tertiary alicyclic amines) is 1. The third kappa shape index (κ3) is 4.15. The average molecular weight is 405 g/mol. The molecular weight excluding hydrogens is 372 g/mol. The van der Waals surface area contributed by atoms with Crippen molar-refractivity contribution in [3.05, 3.63) is 26.6 Å². The molecule has 1 fully saturated rings. The number of hydrogen-bond donors (Lipinski definition) is 1. The lowest BCUT2D eigenvalue weighted by Crippen LogP contribution is -2.46. The Bertz CT molecular complexity index is 929. The first-order valence-electron chi connectivity index (χ1n) is 10.2. The van der Waals surface area contributed by atoms with Gasteiger partial charge in [-0.05, 0) is 52.6 Å². The topological polar surface area (TPSA) is 67.2 Å². The Kier molecular flexibility index (Phi) is 6.25. The number of piperidine rings is 1. The van der Waals surface area contributed by atoms with E-state index < -0.39 is 0 Å². The Labute approximate surface area is 171 Å². The van der Waals surface area contributed by atoms with Crippen molar-refractivity contribution in [1.82, 2.24) is 19.8 Å². The number of carbonyl (C=O) groups excluding carboxylic acids is 1. The minimum absolute atomic E-state index is 0.0463. The fraction of sp³-hybridized carbons (Fsp3) is 0.667. The highest BCUT2D eigenvalue weighted by atomic mass is 32.1. The number of nitrogens with zero attached hydrogens (tertiary/aromatic N) is 3. The fourth-order valence-electron chi connectivity index (χ4n) is 4.04. The van der Waals surface area contributed by atoms with Crippen LogP contribution >= 0.6 is 11.3 Å². The van der Waals surface area contributed by atoms with Gasteiger partial charge in [0, 0.05) is 23.4 Å². The summed E-state index contributed by atoms with van der Waals surface area (Å²) in [6.07, 6.45) is 1.92. The average Bonchev–Trinajstić information content (AvgIpc) is 2.88. The van der Waals surface area contributed by atoms with Gasteiger partial charge in [-0.2, -0.15) is 0 Å². The Morgan fingerprint density at radius 1 is 1.29 bits per heavy atom. The minimum atomic E-state index is 0.0463. The van der Waals surface area contributed by atoms with E-state index in [1.54, 1.807) is 11.3 Å². The van der Waals surface area contributed by atoms with Crippen LogP contribution in [0.5, 0.6) is 0 Å². The Hall–Kier alpha value is -1.73. The molecule has 1 aliphatic rings. The van der Waals surface area contributed by atoms with Crippen molar-refractivity contribution in [2.45, 2.75) is 72.4 Å². The van der Waals surface area contributed by atoms with Gasteiger partial charge in [-0.1, -0.05) is 13.8 Å². The zero-order valence-corrected chi connectivity index (χ0v) is 18.7. The van der Waals surface area contributed by atoms with Gasteiger partial charge in [0.1, 0.15) is 10.7 Å². The van der Waals surface area contributed by atoms with E-state index in [1.165, 1.54) is 0 Å². The second-order valence-corrected chi connectivity index (χ2v) is 9.72. The van der Waals surface area contributed by atoms with Crippen LogP contribution in [0.25, 0.3) is 10.2 Å². The quantitative estimate of drug-likeness (QED) is 0.830. The molecule has 0 aliphatic carbocycles. The number of carbonyl (C=O) groups is 1. The summed E-state index contributed by atoms with van der Waals surface area (Å²) in [5.74, 6) is 1.07. The highest BCUT2D eigenvalue weighted by Gasteiger charge is 2.28. The van der Waals surface area contributed by atoms with Crippen molar-refractivity contribution in [2.75, 3.05) is 19.6 Å². The van der Waals surface area contributed by atoms with E-state index in [4.69, 9.17) is 4.98 Å². The van der Waals surface area contributed by atoms with E-state index in [-0.39, 0.29) is 29.5 Å². The maximum Gasteiger partial charge on any atom is 0.262 e. The lowest BCUT2D eigenvalue weighted by atomic mass is 10.0. The molecule has 1 amide bonds. The van der Waals surface area contributed by atoms with E-state index in [2.05, 4.69) is 31.0 Å². The number of hydrogen-bond acceptors (Lipinski definition) is 5. The number of fused-ring (bicyclic) bond motifs is 1. The van der Waals surface area contributed by atoms with Gasteiger partial charge in [0.15, 0.2) is 0 Å². The molecule has 6 nitrogen and oxygen atoms in total. The lowest BCUT2D eigenvalue weighted by molar-refractivity contribution is -0.123. The Morgan fingerprint density at radius 3 is 2.64 bits per heavy atom. The fourth-order valence-corrected chi connectivity index (χ4v) is 5.07. The number of thiophene rings is 1. The van der Waals surface area contributed by atoms with Crippen LogP contribution in [0.4, 0.5) is 0 Å². The second-order valence-electron chi connectivity index (χ2n) is 8.52. The summed E-state index contributed by atoms with van der Waals surface area (Å²) < 4.78 is 1.93. The van der Waals surface area contributed by atoms with Crippen molar-refractivity contribution >= 4 is 27.5 Å². The third-order valence-corrected chi connectivity index (χ3v) is 6.54. The van der Waals surface area contributed by atoms with Crippen LogP contribution in [0, 0.1) is 13.8 Å². The van der Waals surface area contributed by atoms with Gasteiger partial charge in [0.05, 0.1) is 18.0 Å². The summed E-state index contributed by atoms with van der Waals surface area (Å²) in [5.41, 5.74) is 1.12. The van der Waals surface area contributed by atoms with Gasteiger partial charge >= 0.3 is 0 Å². The third-order valence-electron chi connectivity index (χ3n) is 5.44. The second kappa shape index (κ2) is 8.33. The van der Waals surface area contributed by atoms with Gasteiger partial charge in [-0.15, -0.1) is 11.3 Å². The van der Waals surface area contributed by atoms with E-state index >= 15 is 0 Å². The molecule has 0 spiro atoms. The van der Waals surface area contributed by atoms with Crippen molar-refractivity contribution in [2.24, 2.45) is 0 Å². The van der Waals surface area contributed by atoms with Crippen LogP contribution in [0.15, 0.2) is 4.79 Å². The summed E-state index contributed by atoms with van der Waals surface area (Å²) in [5, 5.41) is 3.73. The van der Waals surface area contributed by atoms with Crippen molar-refractivity contribution in [3.8, 4) is 0 Å². The molecule has 3 rings (SSSR count). The van der Waals surface area contributed by atoms with Crippen molar-refractivity contribution < 1.29 is 4.79 Å². The summed E-state index contributed by atoms with van der Waals surface area (Å²) >= 11 is 1.61.